The van der Waals surface area contributed by atoms with Gasteiger partial charge in [-0.15, -0.1) is 0 Å². The van der Waals surface area contributed by atoms with E-state index in [0.29, 0.717) is 13.0 Å². The van der Waals surface area contributed by atoms with Crippen molar-refractivity contribution < 1.29 is 19.1 Å². The lowest BCUT2D eigenvalue weighted by atomic mass is 9.95. The van der Waals surface area contributed by atoms with Crippen LogP contribution in [-0.4, -0.2) is 36.7 Å². The first-order valence-electron chi connectivity index (χ1n) is 6.11. The van der Waals surface area contributed by atoms with Crippen LogP contribution in [0.3, 0.4) is 0 Å². The van der Waals surface area contributed by atoms with E-state index in [0.717, 1.165) is 12.8 Å². The zero-order valence-corrected chi connectivity index (χ0v) is 10.7. The van der Waals surface area contributed by atoms with Crippen LogP contribution in [0.1, 0.15) is 40.0 Å². The molecule has 5 nitrogen and oxygen atoms in total. The molecule has 0 aromatic carbocycles. The number of esters is 2. The average molecular weight is 243 g/mol. The van der Waals surface area contributed by atoms with Crippen LogP contribution in [0.5, 0.6) is 0 Å². The summed E-state index contributed by atoms with van der Waals surface area (Å²) in [7, 11) is 0. The fourth-order valence-corrected chi connectivity index (χ4v) is 2.13. The lowest BCUT2D eigenvalue weighted by Gasteiger charge is -2.34. The maximum Gasteiger partial charge on any atom is 0.307 e. The van der Waals surface area contributed by atoms with Crippen LogP contribution >= 0.6 is 0 Å². The molecule has 0 unspecified atom stereocenters. The molecule has 0 spiro atoms. The largest absolute Gasteiger partial charge is 0.466 e. The molecule has 1 aliphatic rings. The van der Waals surface area contributed by atoms with Crippen LogP contribution < -0.4 is 5.32 Å². The van der Waals surface area contributed by atoms with Gasteiger partial charge in [0.1, 0.15) is 6.10 Å². The predicted octanol–water partition coefficient (Wildman–Crippen LogP) is 1.01. The van der Waals surface area contributed by atoms with E-state index in [-0.39, 0.29) is 30.1 Å². The maximum absolute atomic E-state index is 11.3. The van der Waals surface area contributed by atoms with Crippen molar-refractivity contribution in [1.29, 1.82) is 0 Å². The van der Waals surface area contributed by atoms with Crippen molar-refractivity contribution in [3.63, 3.8) is 0 Å². The Morgan fingerprint density at radius 3 is 2.59 bits per heavy atom. The highest BCUT2D eigenvalue weighted by Crippen LogP contribution is 2.19. The summed E-state index contributed by atoms with van der Waals surface area (Å²) >= 11 is 0. The first-order chi connectivity index (χ1) is 8.02. The fraction of sp³-hybridized carbons (Fsp3) is 0.833. The minimum Gasteiger partial charge on any atom is -0.466 e. The molecule has 0 aromatic rings. The standard InChI is InChI=1S/C12H21NO4/c1-4-16-12(15)7-10-5-6-11(8(2)13-10)17-9(3)14/h8,10-11,13H,4-7H2,1-3H3/t8-,10-,11+/m0/s1. The number of carbonyl (C=O) groups excluding carboxylic acids is 2. The van der Waals surface area contributed by atoms with E-state index >= 15 is 0 Å². The lowest BCUT2D eigenvalue weighted by molar-refractivity contribution is -0.151. The summed E-state index contributed by atoms with van der Waals surface area (Å²) in [6.07, 6.45) is 1.90. The highest BCUT2D eigenvalue weighted by molar-refractivity contribution is 5.70. The lowest BCUT2D eigenvalue weighted by Crippen LogP contribution is -2.50. The molecule has 1 heterocycles. The number of hydrogen-bond donors (Lipinski definition) is 1. The Kier molecular flexibility index (Phi) is 5.41. The molecular formula is C12H21NO4. The number of carbonyl (C=O) groups is 2. The molecule has 0 aliphatic carbocycles. The monoisotopic (exact) mass is 243 g/mol. The molecule has 17 heavy (non-hydrogen) atoms. The van der Waals surface area contributed by atoms with Crippen molar-refractivity contribution >= 4 is 11.9 Å². The minimum absolute atomic E-state index is 0.0760. The van der Waals surface area contributed by atoms with E-state index in [2.05, 4.69) is 5.32 Å². The molecule has 1 aliphatic heterocycles. The van der Waals surface area contributed by atoms with Gasteiger partial charge in [-0.2, -0.15) is 0 Å². The van der Waals surface area contributed by atoms with E-state index < -0.39 is 0 Å². The summed E-state index contributed by atoms with van der Waals surface area (Å²) in [6, 6.07) is 0.197. The Hall–Kier alpha value is -1.10. The number of hydrogen-bond acceptors (Lipinski definition) is 5. The van der Waals surface area contributed by atoms with Gasteiger partial charge in [-0.1, -0.05) is 0 Å². The second kappa shape index (κ2) is 6.59. The van der Waals surface area contributed by atoms with Gasteiger partial charge >= 0.3 is 11.9 Å². The first-order valence-corrected chi connectivity index (χ1v) is 6.11. The van der Waals surface area contributed by atoms with Crippen molar-refractivity contribution in [1.82, 2.24) is 5.32 Å². The van der Waals surface area contributed by atoms with Crippen LogP contribution in [0.2, 0.25) is 0 Å². The molecule has 1 rings (SSSR count). The molecule has 0 aromatic heterocycles. The van der Waals surface area contributed by atoms with Crippen LogP contribution in [0, 0.1) is 0 Å². The van der Waals surface area contributed by atoms with Gasteiger partial charge in [-0.05, 0) is 26.7 Å². The number of rotatable bonds is 4. The topological polar surface area (TPSA) is 64.6 Å². The summed E-state index contributed by atoms with van der Waals surface area (Å²) in [5, 5.41) is 3.28. The van der Waals surface area contributed by atoms with Gasteiger partial charge in [0.2, 0.25) is 0 Å². The third kappa shape index (κ3) is 4.73. The minimum atomic E-state index is -0.257. The van der Waals surface area contributed by atoms with Gasteiger partial charge in [0.15, 0.2) is 0 Å². The summed E-state index contributed by atoms with van der Waals surface area (Å²) in [6.45, 7) is 5.59. The average Bonchev–Trinajstić information content (AvgIpc) is 2.22. The zero-order chi connectivity index (χ0) is 12.8. The van der Waals surface area contributed by atoms with Crippen LogP contribution in [-0.2, 0) is 19.1 Å². The molecule has 0 amide bonds. The summed E-state index contributed by atoms with van der Waals surface area (Å²) in [4.78, 5) is 22.2. The van der Waals surface area contributed by atoms with Gasteiger partial charge in [0.25, 0.3) is 0 Å². The Morgan fingerprint density at radius 2 is 2.06 bits per heavy atom. The molecule has 5 heteroatoms. The van der Waals surface area contributed by atoms with Gasteiger partial charge in [-0.25, -0.2) is 0 Å². The first kappa shape index (κ1) is 14.0. The molecule has 3 atom stereocenters. The molecule has 98 valence electrons. The van der Waals surface area contributed by atoms with Crippen molar-refractivity contribution in [2.24, 2.45) is 0 Å². The van der Waals surface area contributed by atoms with Crippen molar-refractivity contribution in [3.8, 4) is 0 Å². The second-order valence-corrected chi connectivity index (χ2v) is 4.39. The maximum atomic E-state index is 11.3. The highest BCUT2D eigenvalue weighted by atomic mass is 16.5. The van der Waals surface area contributed by atoms with Crippen molar-refractivity contribution in [2.45, 2.75) is 58.2 Å². The third-order valence-electron chi connectivity index (χ3n) is 2.89. The summed E-state index contributed by atoms with van der Waals surface area (Å²) in [5.74, 6) is -0.435. The van der Waals surface area contributed by atoms with E-state index in [9.17, 15) is 9.59 Å². The Labute approximate surface area is 102 Å². The van der Waals surface area contributed by atoms with Crippen molar-refractivity contribution in [3.05, 3.63) is 0 Å². The van der Waals surface area contributed by atoms with Gasteiger partial charge in [-0.3, -0.25) is 9.59 Å². The van der Waals surface area contributed by atoms with Gasteiger partial charge < -0.3 is 14.8 Å². The normalized spacial score (nSPS) is 28.5. The Morgan fingerprint density at radius 1 is 1.35 bits per heavy atom. The molecule has 0 radical (unpaired) electrons. The fourth-order valence-electron chi connectivity index (χ4n) is 2.13. The van der Waals surface area contributed by atoms with E-state index in [1.807, 2.05) is 6.92 Å². The quantitative estimate of drug-likeness (QED) is 0.747. The third-order valence-corrected chi connectivity index (χ3v) is 2.89. The molecule has 0 saturated carbocycles. The Balaban J connectivity index is 2.36. The molecular weight excluding hydrogens is 222 g/mol. The molecule has 0 bridgehead atoms. The van der Waals surface area contributed by atoms with Crippen molar-refractivity contribution in [2.75, 3.05) is 6.61 Å². The van der Waals surface area contributed by atoms with E-state index in [4.69, 9.17) is 9.47 Å². The van der Waals surface area contributed by atoms with Gasteiger partial charge in [0, 0.05) is 19.0 Å². The SMILES string of the molecule is CCOC(=O)C[C@@H]1CC[C@@H](OC(C)=O)[C@H](C)N1. The molecule has 1 fully saturated rings. The smallest absolute Gasteiger partial charge is 0.307 e. The predicted molar refractivity (Wildman–Crippen MR) is 62.4 cm³/mol. The van der Waals surface area contributed by atoms with Crippen LogP contribution in [0.15, 0.2) is 0 Å². The second-order valence-electron chi connectivity index (χ2n) is 4.39. The molecule has 1 N–H and O–H groups in total. The molecule has 1 saturated heterocycles. The number of ether oxygens (including phenoxy) is 2. The summed E-state index contributed by atoms with van der Waals surface area (Å²) in [5.41, 5.74) is 0. The summed E-state index contributed by atoms with van der Waals surface area (Å²) < 4.78 is 10.1. The Bertz CT molecular complexity index is 280. The van der Waals surface area contributed by atoms with Crippen LogP contribution in [0.4, 0.5) is 0 Å². The number of piperidine rings is 1. The van der Waals surface area contributed by atoms with E-state index in [1.54, 1.807) is 6.92 Å². The van der Waals surface area contributed by atoms with E-state index in [1.165, 1.54) is 6.92 Å². The number of nitrogens with one attached hydrogen (secondary N) is 1. The highest BCUT2D eigenvalue weighted by Gasteiger charge is 2.30. The van der Waals surface area contributed by atoms with Crippen LogP contribution in [0.25, 0.3) is 0 Å². The zero-order valence-electron chi connectivity index (χ0n) is 10.7. The van der Waals surface area contributed by atoms with Gasteiger partial charge in [0.05, 0.1) is 13.0 Å².